The van der Waals surface area contributed by atoms with Crippen molar-refractivity contribution in [2.24, 2.45) is 0 Å². The van der Waals surface area contributed by atoms with Crippen LogP contribution in [0, 0.1) is 0 Å². The summed E-state index contributed by atoms with van der Waals surface area (Å²) in [5.41, 5.74) is 3.39. The summed E-state index contributed by atoms with van der Waals surface area (Å²) in [4.78, 5) is 13.2. The number of hydrogen-bond acceptors (Lipinski definition) is 2. The van der Waals surface area contributed by atoms with Crippen LogP contribution < -0.4 is 11.2 Å². The fourth-order valence-electron chi connectivity index (χ4n) is 0.752. The minimum atomic E-state index is -2.91. The Labute approximate surface area is 71.2 Å². The average Bonchev–Trinajstić information content (AvgIpc) is 1.97. The molecule has 12 heavy (non-hydrogen) atoms. The number of H-pyrrole nitrogens is 1. The molecule has 0 amide bonds. The van der Waals surface area contributed by atoms with Gasteiger partial charge in [-0.1, -0.05) is 11.6 Å². The lowest BCUT2D eigenvalue weighted by Gasteiger charge is -2.02. The van der Waals surface area contributed by atoms with Crippen LogP contribution in [0.2, 0.25) is 5.02 Å². The number of nitrogen functional groups attached to an aromatic ring is 1. The number of halogens is 3. The first-order valence-electron chi connectivity index (χ1n) is 2.98. The highest BCUT2D eigenvalue weighted by molar-refractivity contribution is 6.30. The van der Waals surface area contributed by atoms with Crippen molar-refractivity contribution < 1.29 is 8.78 Å². The highest BCUT2D eigenvalue weighted by Gasteiger charge is 2.17. The number of anilines is 1. The molecule has 1 aromatic rings. The van der Waals surface area contributed by atoms with Crippen molar-refractivity contribution in [3.63, 3.8) is 0 Å². The van der Waals surface area contributed by atoms with E-state index in [1.807, 2.05) is 0 Å². The average molecular weight is 195 g/mol. The molecule has 0 saturated carbocycles. The molecule has 0 spiro atoms. The monoisotopic (exact) mass is 194 g/mol. The van der Waals surface area contributed by atoms with E-state index >= 15 is 0 Å². The Morgan fingerprint density at radius 3 is 2.58 bits per heavy atom. The quantitative estimate of drug-likeness (QED) is 0.713. The van der Waals surface area contributed by atoms with Gasteiger partial charge in [0.15, 0.2) is 0 Å². The molecular formula is C6H5ClF2N2O. The molecule has 0 fully saturated rings. The van der Waals surface area contributed by atoms with Crippen LogP contribution in [0.15, 0.2) is 11.0 Å². The summed E-state index contributed by atoms with van der Waals surface area (Å²) in [6, 6.07) is 0. The molecule has 3 N–H and O–H groups in total. The summed E-state index contributed by atoms with van der Waals surface area (Å²) in [5, 5.41) is -0.292. The van der Waals surface area contributed by atoms with Crippen LogP contribution in [0.5, 0.6) is 0 Å². The lowest BCUT2D eigenvalue weighted by molar-refractivity contribution is 0.150. The molecular weight excluding hydrogens is 190 g/mol. The summed E-state index contributed by atoms with van der Waals surface area (Å²) in [7, 11) is 0. The van der Waals surface area contributed by atoms with E-state index in [9.17, 15) is 13.6 Å². The third-order valence-electron chi connectivity index (χ3n) is 1.32. The second kappa shape index (κ2) is 3.10. The van der Waals surface area contributed by atoms with E-state index in [-0.39, 0.29) is 10.8 Å². The Morgan fingerprint density at radius 1 is 1.58 bits per heavy atom. The lowest BCUT2D eigenvalue weighted by Crippen LogP contribution is -2.14. The third-order valence-corrected chi connectivity index (χ3v) is 1.61. The van der Waals surface area contributed by atoms with Gasteiger partial charge in [-0.2, -0.15) is 0 Å². The minimum absolute atomic E-state index is 0.292. The van der Waals surface area contributed by atoms with Gasteiger partial charge in [-0.3, -0.25) is 4.79 Å². The Morgan fingerprint density at radius 2 is 2.17 bits per heavy atom. The number of alkyl halides is 2. The summed E-state index contributed by atoms with van der Waals surface area (Å²) < 4.78 is 24.2. The Balaban J connectivity index is 3.44. The summed E-state index contributed by atoms with van der Waals surface area (Å²) >= 11 is 5.30. The fourth-order valence-corrected chi connectivity index (χ4v) is 0.908. The van der Waals surface area contributed by atoms with Crippen molar-refractivity contribution in [2.75, 3.05) is 5.73 Å². The molecule has 0 aromatic carbocycles. The van der Waals surface area contributed by atoms with Crippen LogP contribution >= 0.6 is 11.6 Å². The van der Waals surface area contributed by atoms with Gasteiger partial charge in [0.05, 0.1) is 0 Å². The summed E-state index contributed by atoms with van der Waals surface area (Å²) in [6.45, 7) is 0. The van der Waals surface area contributed by atoms with E-state index in [2.05, 4.69) is 4.98 Å². The van der Waals surface area contributed by atoms with Crippen LogP contribution in [-0.4, -0.2) is 4.98 Å². The maximum atomic E-state index is 12.1. The molecule has 66 valence electrons. The number of aromatic amines is 1. The van der Waals surface area contributed by atoms with Gasteiger partial charge in [-0.15, -0.1) is 0 Å². The smallest absolute Gasteiger partial charge is 0.271 e. The largest absolute Gasteiger partial charge is 0.385 e. The topological polar surface area (TPSA) is 58.9 Å². The number of rotatable bonds is 1. The van der Waals surface area contributed by atoms with Crippen LogP contribution in [0.1, 0.15) is 12.0 Å². The predicted octanol–water partition coefficient (Wildman–Crippen LogP) is 1.55. The van der Waals surface area contributed by atoms with E-state index in [0.717, 1.165) is 6.20 Å². The minimum Gasteiger partial charge on any atom is -0.385 e. The second-order valence-corrected chi connectivity index (χ2v) is 2.50. The molecule has 1 rings (SSSR count). The van der Waals surface area contributed by atoms with E-state index in [0.29, 0.717) is 0 Å². The zero-order valence-electron chi connectivity index (χ0n) is 5.77. The van der Waals surface area contributed by atoms with Gasteiger partial charge in [0.1, 0.15) is 16.4 Å². The fraction of sp³-hybridized carbons (Fsp3) is 0.167. The van der Waals surface area contributed by atoms with Crippen LogP contribution in [-0.2, 0) is 0 Å². The molecule has 1 heterocycles. The van der Waals surface area contributed by atoms with Crippen LogP contribution in [0.3, 0.4) is 0 Å². The van der Waals surface area contributed by atoms with Crippen molar-refractivity contribution in [3.05, 3.63) is 27.0 Å². The molecule has 3 nitrogen and oxygen atoms in total. The van der Waals surface area contributed by atoms with Gasteiger partial charge in [0.2, 0.25) is 5.43 Å². The first-order valence-corrected chi connectivity index (χ1v) is 3.36. The van der Waals surface area contributed by atoms with Gasteiger partial charge in [-0.25, -0.2) is 8.78 Å². The Kier molecular flexibility index (Phi) is 2.32. The van der Waals surface area contributed by atoms with Crippen molar-refractivity contribution in [2.45, 2.75) is 6.43 Å². The predicted molar refractivity (Wildman–Crippen MR) is 41.4 cm³/mol. The molecule has 0 bridgehead atoms. The van der Waals surface area contributed by atoms with Gasteiger partial charge in [-0.05, 0) is 0 Å². The van der Waals surface area contributed by atoms with Crippen LogP contribution in [0.4, 0.5) is 14.6 Å². The number of hydrogen-bond donors (Lipinski definition) is 2. The molecule has 0 aliphatic heterocycles. The molecule has 0 saturated heterocycles. The first kappa shape index (κ1) is 8.99. The zero-order chi connectivity index (χ0) is 9.30. The van der Waals surface area contributed by atoms with Gasteiger partial charge >= 0.3 is 0 Å². The van der Waals surface area contributed by atoms with Crippen molar-refractivity contribution in [3.8, 4) is 0 Å². The number of nitrogens with two attached hydrogens (primary N) is 1. The summed E-state index contributed by atoms with van der Waals surface area (Å²) in [5.74, 6) is -0.348. The maximum Gasteiger partial charge on any atom is 0.271 e. The highest BCUT2D eigenvalue weighted by atomic mass is 35.5. The number of pyridine rings is 1. The normalized spacial score (nSPS) is 10.7. The lowest BCUT2D eigenvalue weighted by atomic mass is 10.2. The van der Waals surface area contributed by atoms with Crippen molar-refractivity contribution in [1.82, 2.24) is 4.98 Å². The number of aromatic nitrogens is 1. The van der Waals surface area contributed by atoms with Gasteiger partial charge in [0, 0.05) is 6.20 Å². The summed E-state index contributed by atoms with van der Waals surface area (Å²) in [6.07, 6.45) is -1.84. The van der Waals surface area contributed by atoms with Crippen molar-refractivity contribution in [1.29, 1.82) is 0 Å². The van der Waals surface area contributed by atoms with Crippen LogP contribution in [0.25, 0.3) is 0 Å². The Bertz CT molecular complexity index is 350. The Hall–Kier alpha value is -1.10. The SMILES string of the molecule is Nc1[nH]cc(Cl)c(=O)c1C(F)F. The van der Waals surface area contributed by atoms with E-state index in [1.165, 1.54) is 0 Å². The molecule has 0 atom stereocenters. The first-order chi connectivity index (χ1) is 5.54. The van der Waals surface area contributed by atoms with E-state index < -0.39 is 17.4 Å². The van der Waals surface area contributed by atoms with E-state index in [4.69, 9.17) is 17.3 Å². The second-order valence-electron chi connectivity index (χ2n) is 2.09. The molecule has 1 aromatic heterocycles. The van der Waals surface area contributed by atoms with Gasteiger partial charge in [0.25, 0.3) is 6.43 Å². The molecule has 0 unspecified atom stereocenters. The maximum absolute atomic E-state index is 12.1. The zero-order valence-corrected chi connectivity index (χ0v) is 6.53. The molecule has 6 heteroatoms. The van der Waals surface area contributed by atoms with E-state index in [1.54, 1.807) is 0 Å². The highest BCUT2D eigenvalue weighted by Crippen LogP contribution is 2.20. The van der Waals surface area contributed by atoms with Gasteiger partial charge < -0.3 is 10.7 Å². The van der Waals surface area contributed by atoms with Crippen molar-refractivity contribution >= 4 is 17.4 Å². The number of nitrogens with one attached hydrogen (secondary N) is 1. The standard InChI is InChI=1S/C6H5ClF2N2O/c7-2-1-11-6(10)3(4(2)12)5(8)9/h1,5H,(H3,10,11,12). The molecule has 0 aliphatic carbocycles. The molecule has 0 radical (unpaired) electrons. The molecule has 0 aliphatic rings. The third kappa shape index (κ3) is 1.40.